The maximum atomic E-state index is 8.19. The molecule has 34 heavy (non-hydrogen) atoms. The van der Waals surface area contributed by atoms with Gasteiger partial charge in [-0.15, -0.1) is 0 Å². The summed E-state index contributed by atoms with van der Waals surface area (Å²) in [5.74, 6) is 0. The van der Waals surface area contributed by atoms with Crippen molar-refractivity contribution in [3.8, 4) is 0 Å². The number of unbranched alkanes of at least 4 members (excludes halogenated alkanes) is 2. The summed E-state index contributed by atoms with van der Waals surface area (Å²) in [5.41, 5.74) is 3.25. The summed E-state index contributed by atoms with van der Waals surface area (Å²) >= 11 is 0. The van der Waals surface area contributed by atoms with Crippen LogP contribution in [0.4, 0.5) is 0 Å². The number of hydrogen-bond donors (Lipinski definition) is 2. The van der Waals surface area contributed by atoms with Crippen molar-refractivity contribution in [1.29, 1.82) is 0 Å². The van der Waals surface area contributed by atoms with Gasteiger partial charge >= 0.3 is 14.6 Å². The fourth-order valence-corrected chi connectivity index (χ4v) is 2.90. The molecule has 0 aliphatic heterocycles. The van der Waals surface area contributed by atoms with E-state index < -0.39 is 14.6 Å². The van der Waals surface area contributed by atoms with Gasteiger partial charge in [-0.1, -0.05) is 111 Å². The second-order valence-corrected chi connectivity index (χ2v) is 7.58. The van der Waals surface area contributed by atoms with E-state index in [0.29, 0.717) is 26.4 Å². The first-order valence-electron chi connectivity index (χ1n) is 11.6. The smallest absolute Gasteiger partial charge is 0.402 e. The third-order valence-corrected chi connectivity index (χ3v) is 4.70. The molecule has 0 spiro atoms. The highest BCUT2D eigenvalue weighted by atomic mass is 16.7. The van der Waals surface area contributed by atoms with Crippen molar-refractivity contribution in [1.82, 2.24) is 0 Å². The van der Waals surface area contributed by atoms with E-state index in [2.05, 4.69) is 11.6 Å². The average molecular weight is 464 g/mol. The van der Waals surface area contributed by atoms with E-state index >= 15 is 0 Å². The van der Waals surface area contributed by atoms with Gasteiger partial charge in [-0.25, -0.2) is 0 Å². The Labute approximate surface area is 203 Å². The lowest BCUT2D eigenvalue weighted by Gasteiger charge is -2.15. The zero-order valence-corrected chi connectivity index (χ0v) is 19.8. The van der Waals surface area contributed by atoms with E-state index in [4.69, 9.17) is 24.0 Å². The van der Waals surface area contributed by atoms with Gasteiger partial charge in [0.15, 0.2) is 0 Å². The fraction of sp³-hybridized carbons (Fsp3) is 0.308. The molecule has 8 heteroatoms. The molecule has 3 aromatic carbocycles. The first kappa shape index (κ1) is 27.8. The van der Waals surface area contributed by atoms with E-state index in [1.54, 1.807) is 0 Å². The molecule has 0 atom stereocenters. The normalized spacial score (nSPS) is 10.3. The van der Waals surface area contributed by atoms with Gasteiger partial charge in [0.25, 0.3) is 0 Å². The van der Waals surface area contributed by atoms with Crippen LogP contribution in [0.5, 0.6) is 0 Å². The van der Waals surface area contributed by atoms with Gasteiger partial charge < -0.3 is 28.7 Å². The van der Waals surface area contributed by atoms with Crippen molar-refractivity contribution in [3.05, 3.63) is 108 Å². The Kier molecular flexibility index (Phi) is 14.7. The van der Waals surface area contributed by atoms with Crippen LogP contribution in [0.25, 0.3) is 0 Å². The molecule has 0 aliphatic rings. The van der Waals surface area contributed by atoms with Crippen molar-refractivity contribution in [2.75, 3.05) is 6.61 Å². The highest BCUT2D eigenvalue weighted by Crippen LogP contribution is 2.09. The van der Waals surface area contributed by atoms with Gasteiger partial charge in [-0.3, -0.25) is 0 Å². The monoisotopic (exact) mass is 464 g/mol. The summed E-state index contributed by atoms with van der Waals surface area (Å²) in [7, 11) is -2.32. The van der Waals surface area contributed by atoms with Crippen molar-refractivity contribution in [2.45, 2.75) is 46.0 Å². The predicted molar refractivity (Wildman–Crippen MR) is 135 cm³/mol. The molecule has 0 radical (unpaired) electrons. The second kappa shape index (κ2) is 18.0. The molecule has 180 valence electrons. The largest absolute Gasteiger partial charge is 0.640 e. The van der Waals surface area contributed by atoms with E-state index in [9.17, 15) is 0 Å². The van der Waals surface area contributed by atoms with Crippen LogP contribution in [0.3, 0.4) is 0 Å². The van der Waals surface area contributed by atoms with Crippen LogP contribution in [0.1, 0.15) is 42.9 Å². The molecule has 0 saturated carbocycles. The molecular weight excluding hydrogens is 430 g/mol. The van der Waals surface area contributed by atoms with E-state index in [1.165, 1.54) is 0 Å². The topological polar surface area (TPSA) is 77.4 Å². The molecule has 0 unspecified atom stereocenters. The standard InChI is InChI=1S/C21H21BO3.C5H13BO3/c1-4-10-19(11-5-1)16-23-22(24-17-20-12-6-2-7-13-20)25-18-21-14-8-3-9-15-21;1-2-3-4-5-9-6(7)8/h1-15H,16-18H2;7-8H,2-5H2,1H3. The molecule has 0 aliphatic carbocycles. The van der Waals surface area contributed by atoms with Crippen molar-refractivity contribution in [3.63, 3.8) is 0 Å². The lowest BCUT2D eigenvalue weighted by atomic mass is 10.1. The second-order valence-electron chi connectivity index (χ2n) is 7.58. The minimum atomic E-state index is -1.60. The van der Waals surface area contributed by atoms with Crippen LogP contribution in [-0.4, -0.2) is 31.3 Å². The van der Waals surface area contributed by atoms with Crippen molar-refractivity contribution in [2.24, 2.45) is 0 Å². The first-order valence-corrected chi connectivity index (χ1v) is 11.6. The summed E-state index contributed by atoms with van der Waals surface area (Å²) in [5, 5.41) is 16.4. The Hall–Kier alpha value is -2.45. The van der Waals surface area contributed by atoms with Gasteiger partial charge in [0.2, 0.25) is 0 Å². The lowest BCUT2D eigenvalue weighted by Crippen LogP contribution is -2.27. The van der Waals surface area contributed by atoms with Gasteiger partial charge in [-0.2, -0.15) is 0 Å². The molecule has 0 amide bonds. The Balaban J connectivity index is 0.000000387. The lowest BCUT2D eigenvalue weighted by molar-refractivity contribution is 0.0766. The molecule has 2 N–H and O–H groups in total. The summed E-state index contributed by atoms with van der Waals surface area (Å²) in [6.45, 7) is 3.83. The van der Waals surface area contributed by atoms with Crippen LogP contribution in [0.15, 0.2) is 91.0 Å². The molecule has 6 nitrogen and oxygen atoms in total. The summed E-state index contributed by atoms with van der Waals surface area (Å²) in [6.07, 6.45) is 3.09. The van der Waals surface area contributed by atoms with E-state index in [0.717, 1.165) is 36.0 Å². The molecule has 3 aromatic rings. The number of rotatable bonds is 14. The highest BCUT2D eigenvalue weighted by Gasteiger charge is 2.22. The quantitative estimate of drug-likeness (QED) is 0.264. The summed E-state index contributed by atoms with van der Waals surface area (Å²) < 4.78 is 21.9. The zero-order valence-electron chi connectivity index (χ0n) is 19.8. The molecule has 3 rings (SSSR count). The third kappa shape index (κ3) is 13.3. The Morgan fingerprint density at radius 3 is 1.26 bits per heavy atom. The van der Waals surface area contributed by atoms with Crippen molar-refractivity contribution < 1.29 is 28.7 Å². The molecular formula is C26H34B2O6. The van der Waals surface area contributed by atoms with Gasteiger partial charge in [0.05, 0.1) is 19.8 Å². The molecule has 0 aromatic heterocycles. The van der Waals surface area contributed by atoms with Crippen LogP contribution in [0.2, 0.25) is 0 Å². The van der Waals surface area contributed by atoms with Crippen LogP contribution >= 0.6 is 0 Å². The maximum absolute atomic E-state index is 8.19. The SMILES string of the molecule is CCCCCOB(O)O.c1ccc(COB(OCc2ccccc2)OCc2ccccc2)cc1. The molecule has 0 fully saturated rings. The van der Waals surface area contributed by atoms with Gasteiger partial charge in [-0.05, 0) is 23.1 Å². The maximum Gasteiger partial charge on any atom is 0.640 e. The first-order chi connectivity index (χ1) is 16.7. The Morgan fingerprint density at radius 1 is 0.559 bits per heavy atom. The van der Waals surface area contributed by atoms with Crippen LogP contribution in [-0.2, 0) is 38.4 Å². The molecule has 0 bridgehead atoms. The molecule has 0 saturated heterocycles. The fourth-order valence-electron chi connectivity index (χ4n) is 2.90. The minimum absolute atomic E-state index is 0.436. The predicted octanol–water partition coefficient (Wildman–Crippen LogP) is 4.78. The van der Waals surface area contributed by atoms with Crippen LogP contribution < -0.4 is 0 Å². The highest BCUT2D eigenvalue weighted by molar-refractivity contribution is 6.36. The van der Waals surface area contributed by atoms with Gasteiger partial charge in [0.1, 0.15) is 0 Å². The van der Waals surface area contributed by atoms with Crippen molar-refractivity contribution >= 4 is 14.6 Å². The number of hydrogen-bond acceptors (Lipinski definition) is 6. The average Bonchev–Trinajstić information content (AvgIpc) is 2.88. The Bertz CT molecular complexity index is 750. The summed E-state index contributed by atoms with van der Waals surface area (Å²) in [6, 6.07) is 30.0. The Morgan fingerprint density at radius 2 is 0.941 bits per heavy atom. The van der Waals surface area contributed by atoms with Crippen LogP contribution in [0, 0.1) is 0 Å². The van der Waals surface area contributed by atoms with E-state index in [-0.39, 0.29) is 0 Å². The molecule has 0 heterocycles. The van der Waals surface area contributed by atoms with E-state index in [1.807, 2.05) is 91.0 Å². The summed E-state index contributed by atoms with van der Waals surface area (Å²) in [4.78, 5) is 0. The third-order valence-electron chi connectivity index (χ3n) is 4.70. The number of benzene rings is 3. The zero-order chi connectivity index (χ0) is 24.3. The van der Waals surface area contributed by atoms with Gasteiger partial charge in [0, 0.05) is 6.61 Å². The minimum Gasteiger partial charge on any atom is -0.402 e.